The van der Waals surface area contributed by atoms with Crippen LogP contribution >= 0.6 is 0 Å². The monoisotopic (exact) mass is 251 g/mol. The zero-order valence-electron chi connectivity index (χ0n) is 12.9. The first-order valence-electron chi connectivity index (χ1n) is 7.18. The van der Waals surface area contributed by atoms with Crippen molar-refractivity contribution < 1.29 is 0 Å². The third-order valence-corrected chi connectivity index (χ3v) is 3.55. The highest BCUT2D eigenvalue weighted by Gasteiger charge is 2.16. The molecule has 1 N–H and O–H groups in total. The van der Waals surface area contributed by atoms with Crippen molar-refractivity contribution in [1.29, 1.82) is 0 Å². The second-order valence-electron chi connectivity index (χ2n) is 5.76. The molecule has 1 aromatic rings. The average molecular weight is 251 g/mol. The highest BCUT2D eigenvalue weighted by atomic mass is 15.3. The first-order valence-corrected chi connectivity index (χ1v) is 7.18. The SMILES string of the molecule is CCCNC(Cc1c(C)nn(C)c1C)CC(C)C. The van der Waals surface area contributed by atoms with Crippen molar-refractivity contribution in [2.75, 3.05) is 6.54 Å². The van der Waals surface area contributed by atoms with Crippen LogP contribution in [0.3, 0.4) is 0 Å². The number of aryl methyl sites for hydroxylation is 2. The predicted molar refractivity (Wildman–Crippen MR) is 77.9 cm³/mol. The molecule has 0 aliphatic rings. The Balaban J connectivity index is 2.74. The van der Waals surface area contributed by atoms with E-state index in [1.807, 2.05) is 11.7 Å². The Morgan fingerprint density at radius 3 is 2.39 bits per heavy atom. The lowest BCUT2D eigenvalue weighted by Crippen LogP contribution is -2.33. The molecular formula is C15H29N3. The van der Waals surface area contributed by atoms with Gasteiger partial charge >= 0.3 is 0 Å². The molecule has 3 heteroatoms. The van der Waals surface area contributed by atoms with Crippen LogP contribution < -0.4 is 5.32 Å². The van der Waals surface area contributed by atoms with E-state index < -0.39 is 0 Å². The van der Waals surface area contributed by atoms with Crippen LogP contribution in [-0.4, -0.2) is 22.4 Å². The summed E-state index contributed by atoms with van der Waals surface area (Å²) in [4.78, 5) is 0. The maximum atomic E-state index is 4.51. The van der Waals surface area contributed by atoms with E-state index in [0.29, 0.717) is 6.04 Å². The van der Waals surface area contributed by atoms with Crippen molar-refractivity contribution >= 4 is 0 Å². The Bertz CT molecular complexity index is 366. The van der Waals surface area contributed by atoms with Gasteiger partial charge in [0.2, 0.25) is 0 Å². The smallest absolute Gasteiger partial charge is 0.0628 e. The van der Waals surface area contributed by atoms with Crippen LogP contribution in [-0.2, 0) is 13.5 Å². The van der Waals surface area contributed by atoms with E-state index in [1.54, 1.807) is 0 Å². The van der Waals surface area contributed by atoms with E-state index in [-0.39, 0.29) is 0 Å². The largest absolute Gasteiger partial charge is 0.314 e. The summed E-state index contributed by atoms with van der Waals surface area (Å²) in [5, 5.41) is 8.19. The third kappa shape index (κ3) is 4.13. The standard InChI is InChI=1S/C15H29N3/c1-7-8-16-14(9-11(2)3)10-15-12(4)17-18(6)13(15)5/h11,14,16H,7-10H2,1-6H3. The van der Waals surface area contributed by atoms with Crippen molar-refractivity contribution in [1.82, 2.24) is 15.1 Å². The molecule has 1 heterocycles. The summed E-state index contributed by atoms with van der Waals surface area (Å²) in [5.41, 5.74) is 3.91. The molecule has 0 aliphatic heterocycles. The Morgan fingerprint density at radius 2 is 1.94 bits per heavy atom. The fourth-order valence-electron chi connectivity index (χ4n) is 2.52. The van der Waals surface area contributed by atoms with E-state index in [4.69, 9.17) is 0 Å². The molecule has 18 heavy (non-hydrogen) atoms. The van der Waals surface area contributed by atoms with E-state index >= 15 is 0 Å². The van der Waals surface area contributed by atoms with Crippen LogP contribution in [0.1, 0.15) is 50.6 Å². The van der Waals surface area contributed by atoms with Crippen molar-refractivity contribution in [2.24, 2.45) is 13.0 Å². The Hall–Kier alpha value is -0.830. The molecule has 1 atom stereocenters. The quantitative estimate of drug-likeness (QED) is 0.807. The molecule has 0 radical (unpaired) electrons. The molecule has 0 aromatic carbocycles. The molecule has 0 aliphatic carbocycles. The van der Waals surface area contributed by atoms with Gasteiger partial charge in [-0.05, 0) is 51.1 Å². The lowest BCUT2D eigenvalue weighted by molar-refractivity contribution is 0.415. The summed E-state index contributed by atoms with van der Waals surface area (Å²) in [6.07, 6.45) is 3.52. The maximum absolute atomic E-state index is 4.51. The predicted octanol–water partition coefficient (Wildman–Crippen LogP) is 2.99. The molecule has 1 rings (SSSR count). The van der Waals surface area contributed by atoms with Gasteiger partial charge in [0.15, 0.2) is 0 Å². The third-order valence-electron chi connectivity index (χ3n) is 3.55. The van der Waals surface area contributed by atoms with Gasteiger partial charge in [-0.2, -0.15) is 5.10 Å². The van der Waals surface area contributed by atoms with Gasteiger partial charge in [-0.25, -0.2) is 0 Å². The summed E-state index contributed by atoms with van der Waals surface area (Å²) in [7, 11) is 2.03. The van der Waals surface area contributed by atoms with Crippen molar-refractivity contribution in [3.05, 3.63) is 17.0 Å². The molecule has 0 amide bonds. The van der Waals surface area contributed by atoms with Crippen molar-refractivity contribution in [3.8, 4) is 0 Å². The van der Waals surface area contributed by atoms with Crippen LogP contribution in [0.4, 0.5) is 0 Å². The summed E-state index contributed by atoms with van der Waals surface area (Å²) in [6.45, 7) is 12.2. The van der Waals surface area contributed by atoms with E-state index in [0.717, 1.165) is 18.9 Å². The van der Waals surface area contributed by atoms with Crippen molar-refractivity contribution in [3.63, 3.8) is 0 Å². The van der Waals surface area contributed by atoms with Crippen LogP contribution in [0.25, 0.3) is 0 Å². The topological polar surface area (TPSA) is 29.9 Å². The van der Waals surface area contributed by atoms with Gasteiger partial charge in [0.05, 0.1) is 5.69 Å². The molecule has 0 saturated carbocycles. The zero-order chi connectivity index (χ0) is 13.7. The summed E-state index contributed by atoms with van der Waals surface area (Å²) < 4.78 is 2.00. The average Bonchev–Trinajstić information content (AvgIpc) is 2.52. The number of aromatic nitrogens is 2. The van der Waals surface area contributed by atoms with Gasteiger partial charge in [0.1, 0.15) is 0 Å². The summed E-state index contributed by atoms with van der Waals surface area (Å²) in [6, 6.07) is 0.576. The van der Waals surface area contributed by atoms with Gasteiger partial charge in [-0.3, -0.25) is 4.68 Å². The van der Waals surface area contributed by atoms with Crippen LogP contribution in [0.5, 0.6) is 0 Å². The lowest BCUT2D eigenvalue weighted by atomic mass is 9.96. The summed E-state index contributed by atoms with van der Waals surface area (Å²) in [5.74, 6) is 0.733. The fourth-order valence-corrected chi connectivity index (χ4v) is 2.52. The number of nitrogens with zero attached hydrogens (tertiary/aromatic N) is 2. The lowest BCUT2D eigenvalue weighted by Gasteiger charge is -2.20. The minimum absolute atomic E-state index is 0.576. The van der Waals surface area contributed by atoms with Gasteiger partial charge in [0, 0.05) is 18.8 Å². The van der Waals surface area contributed by atoms with Gasteiger partial charge < -0.3 is 5.32 Å². The number of hydrogen-bond acceptors (Lipinski definition) is 2. The zero-order valence-corrected chi connectivity index (χ0v) is 12.9. The highest BCUT2D eigenvalue weighted by molar-refractivity contribution is 5.25. The van der Waals surface area contributed by atoms with E-state index in [9.17, 15) is 0 Å². The number of nitrogens with one attached hydrogen (secondary N) is 1. The molecule has 0 spiro atoms. The van der Waals surface area contributed by atoms with Crippen LogP contribution in [0.2, 0.25) is 0 Å². The Kier molecular flexibility index (Phi) is 5.86. The molecule has 1 aromatic heterocycles. The van der Waals surface area contributed by atoms with Crippen molar-refractivity contribution in [2.45, 2.75) is 59.9 Å². The minimum atomic E-state index is 0.576. The normalized spacial score (nSPS) is 13.3. The molecule has 0 bridgehead atoms. The molecule has 3 nitrogen and oxygen atoms in total. The van der Waals surface area contributed by atoms with Gasteiger partial charge in [0.25, 0.3) is 0 Å². The van der Waals surface area contributed by atoms with Gasteiger partial charge in [-0.1, -0.05) is 20.8 Å². The molecule has 104 valence electrons. The molecule has 0 fully saturated rings. The van der Waals surface area contributed by atoms with Crippen LogP contribution in [0, 0.1) is 19.8 Å². The van der Waals surface area contributed by atoms with Gasteiger partial charge in [-0.15, -0.1) is 0 Å². The highest BCUT2D eigenvalue weighted by Crippen LogP contribution is 2.17. The molecule has 1 unspecified atom stereocenters. The maximum Gasteiger partial charge on any atom is 0.0628 e. The Labute approximate surface area is 112 Å². The van der Waals surface area contributed by atoms with Crippen LogP contribution in [0.15, 0.2) is 0 Å². The second kappa shape index (κ2) is 6.93. The Morgan fingerprint density at radius 1 is 1.28 bits per heavy atom. The minimum Gasteiger partial charge on any atom is -0.314 e. The number of hydrogen-bond donors (Lipinski definition) is 1. The first-order chi connectivity index (χ1) is 8.45. The molecular weight excluding hydrogens is 222 g/mol. The molecule has 0 saturated heterocycles. The van der Waals surface area contributed by atoms with E-state index in [1.165, 1.54) is 29.8 Å². The number of rotatable bonds is 7. The fraction of sp³-hybridized carbons (Fsp3) is 0.800. The van der Waals surface area contributed by atoms with E-state index in [2.05, 4.69) is 45.0 Å². The second-order valence-corrected chi connectivity index (χ2v) is 5.76. The summed E-state index contributed by atoms with van der Waals surface area (Å²) >= 11 is 0. The first kappa shape index (κ1) is 15.2.